The molecule has 0 bridgehead atoms. The van der Waals surface area contributed by atoms with Crippen LogP contribution in [0.5, 0.6) is 0 Å². The molecule has 0 rings (SSSR count). The minimum Gasteiger partial charge on any atom is -0.480 e. The number of hydrogen-bond acceptors (Lipinski definition) is 17. The van der Waals surface area contributed by atoms with E-state index in [1.54, 1.807) is 23.5 Å². The molecule has 0 saturated heterocycles. The van der Waals surface area contributed by atoms with Gasteiger partial charge in [-0.15, -0.1) is 47.0 Å². The molecule has 18 heteroatoms. The zero-order valence-corrected chi connectivity index (χ0v) is 44.7. The van der Waals surface area contributed by atoms with E-state index in [1.807, 2.05) is 0 Å². The van der Waals surface area contributed by atoms with E-state index < -0.39 is 38.5 Å². The molecule has 0 aliphatic rings. The fourth-order valence-electron chi connectivity index (χ4n) is 5.96. The van der Waals surface area contributed by atoms with Gasteiger partial charge in [0.25, 0.3) is 0 Å². The summed E-state index contributed by atoms with van der Waals surface area (Å²) in [5.41, 5.74) is 0. The standard InChI is InChI=1S/C43H78O10S8/c1-29(2)9-13-33(17-21-50-37(44)25-54)58-42(59-34(14-10-30(3)4)18-22-51-38(45)26-55)43(41(48)49,60-35(15-11-31(5)6)19-23-52-39(46)27-56)61-36(16-12-32(7)8)20-24-53-40(47)28-57/h29-36,42,54-57H,9-28H2,1-8H3,(H,48,49). The van der Waals surface area contributed by atoms with Crippen molar-refractivity contribution < 1.29 is 48.0 Å². The van der Waals surface area contributed by atoms with E-state index in [0.717, 1.165) is 38.5 Å². The molecular weight excluding hydrogens is 933 g/mol. The predicted octanol–water partition coefficient (Wildman–Crippen LogP) is 10.7. The van der Waals surface area contributed by atoms with Gasteiger partial charge >= 0.3 is 29.8 Å². The summed E-state index contributed by atoms with van der Waals surface area (Å²) in [5.74, 6) is -1.29. The van der Waals surface area contributed by atoms with Crippen molar-refractivity contribution in [2.75, 3.05) is 49.4 Å². The Morgan fingerprint density at radius 3 is 0.902 bits per heavy atom. The van der Waals surface area contributed by atoms with Gasteiger partial charge in [-0.25, -0.2) is 4.79 Å². The molecule has 10 nitrogen and oxygen atoms in total. The summed E-state index contributed by atoms with van der Waals surface area (Å²) >= 11 is 22.6. The van der Waals surface area contributed by atoms with Gasteiger partial charge in [0.1, 0.15) is 0 Å². The Labute approximate surface area is 407 Å². The Hall–Kier alpha value is 0.150. The average Bonchev–Trinajstić information content (AvgIpc) is 3.20. The SMILES string of the molecule is CC(C)CCC(CCOC(=O)CS)SC(SC(CCOC(=O)CS)CCC(C)C)C(SC(CCOC(=O)CS)CCC(C)C)(SC(CCOC(=O)CS)CCC(C)C)C(=O)O. The lowest BCUT2D eigenvalue weighted by atomic mass is 10.1. The Bertz CT molecular complexity index is 1150. The maximum atomic E-state index is 14.6. The Balaban J connectivity index is 7.91. The van der Waals surface area contributed by atoms with Gasteiger partial charge in [0.15, 0.2) is 4.08 Å². The van der Waals surface area contributed by atoms with Gasteiger partial charge in [0.05, 0.1) is 54.0 Å². The van der Waals surface area contributed by atoms with Gasteiger partial charge in [-0.3, -0.25) is 19.2 Å². The highest BCUT2D eigenvalue weighted by atomic mass is 32.2. The van der Waals surface area contributed by atoms with E-state index in [2.05, 4.69) is 106 Å². The molecule has 0 fully saturated rings. The van der Waals surface area contributed by atoms with Crippen LogP contribution in [0.15, 0.2) is 0 Å². The third-order valence-electron chi connectivity index (χ3n) is 9.52. The molecule has 0 aliphatic heterocycles. The van der Waals surface area contributed by atoms with Crippen LogP contribution in [0, 0.1) is 23.7 Å². The molecule has 0 aromatic rings. The van der Waals surface area contributed by atoms with E-state index in [9.17, 15) is 29.1 Å². The molecule has 61 heavy (non-hydrogen) atoms. The second kappa shape index (κ2) is 36.3. The molecule has 0 spiro atoms. The molecule has 1 N–H and O–H groups in total. The quantitative estimate of drug-likeness (QED) is 0.0173. The fraction of sp³-hybridized carbons (Fsp3) is 0.884. The first-order chi connectivity index (χ1) is 28.8. The largest absolute Gasteiger partial charge is 0.480 e. The van der Waals surface area contributed by atoms with Gasteiger partial charge < -0.3 is 24.1 Å². The van der Waals surface area contributed by atoms with Crippen LogP contribution in [0.1, 0.15) is 132 Å². The van der Waals surface area contributed by atoms with Crippen molar-refractivity contribution in [2.24, 2.45) is 23.7 Å². The van der Waals surface area contributed by atoms with E-state index in [4.69, 9.17) is 18.9 Å². The highest BCUT2D eigenvalue weighted by Gasteiger charge is 2.52. The van der Waals surface area contributed by atoms with Crippen molar-refractivity contribution in [1.82, 2.24) is 0 Å². The van der Waals surface area contributed by atoms with Crippen molar-refractivity contribution >= 4 is 127 Å². The molecule has 0 radical (unpaired) electrons. The van der Waals surface area contributed by atoms with Crippen LogP contribution < -0.4 is 0 Å². The van der Waals surface area contributed by atoms with E-state index in [0.29, 0.717) is 62.2 Å². The van der Waals surface area contributed by atoms with Crippen LogP contribution in [-0.2, 0) is 42.9 Å². The third-order valence-corrected chi connectivity index (χ3v) is 18.4. The highest BCUT2D eigenvalue weighted by Crippen LogP contribution is 2.57. The Morgan fingerprint density at radius 2 is 0.672 bits per heavy atom. The number of thioether (sulfide) groups is 4. The predicted molar refractivity (Wildman–Crippen MR) is 274 cm³/mol. The summed E-state index contributed by atoms with van der Waals surface area (Å²) in [7, 11) is 0. The highest BCUT2D eigenvalue weighted by molar-refractivity contribution is 8.25. The number of carbonyl (C=O) groups excluding carboxylic acids is 4. The van der Waals surface area contributed by atoms with Crippen molar-refractivity contribution in [2.45, 2.75) is 162 Å². The van der Waals surface area contributed by atoms with Crippen LogP contribution in [-0.4, -0.2) is 114 Å². The summed E-state index contributed by atoms with van der Waals surface area (Å²) in [6.45, 7) is 17.9. The molecule has 0 aliphatic carbocycles. The summed E-state index contributed by atoms with van der Waals surface area (Å²) in [5, 5.41) is 11.5. The van der Waals surface area contributed by atoms with Gasteiger partial charge in [-0.2, -0.15) is 50.5 Å². The third kappa shape index (κ3) is 30.1. The minimum atomic E-state index is -1.45. The maximum Gasteiger partial charge on any atom is 0.332 e. The van der Waals surface area contributed by atoms with Crippen LogP contribution in [0.25, 0.3) is 0 Å². The van der Waals surface area contributed by atoms with Crippen molar-refractivity contribution in [3.63, 3.8) is 0 Å². The second-order valence-electron chi connectivity index (χ2n) is 16.9. The summed E-state index contributed by atoms with van der Waals surface area (Å²) in [6, 6.07) is 0. The molecule has 358 valence electrons. The number of hydrogen-bond donors (Lipinski definition) is 5. The summed E-state index contributed by atoms with van der Waals surface area (Å²) < 4.78 is 20.2. The Kier molecular flexibility index (Phi) is 36.4. The molecule has 4 atom stereocenters. The first-order valence-electron chi connectivity index (χ1n) is 21.8. The number of rotatable bonds is 38. The van der Waals surface area contributed by atoms with Crippen LogP contribution >= 0.6 is 97.6 Å². The van der Waals surface area contributed by atoms with E-state index >= 15 is 0 Å². The lowest BCUT2D eigenvalue weighted by molar-refractivity contribution is -0.141. The van der Waals surface area contributed by atoms with Crippen LogP contribution in [0.3, 0.4) is 0 Å². The number of carboxylic acid groups (broad SMARTS) is 1. The smallest absolute Gasteiger partial charge is 0.332 e. The Morgan fingerprint density at radius 1 is 0.426 bits per heavy atom. The second-order valence-corrected chi connectivity index (χ2v) is 24.6. The monoisotopic (exact) mass is 1010 g/mol. The molecule has 0 amide bonds. The van der Waals surface area contributed by atoms with E-state index in [1.165, 1.54) is 23.5 Å². The number of aliphatic carboxylic acids is 1. The number of esters is 4. The number of carboxylic acids is 1. The summed E-state index contributed by atoms with van der Waals surface area (Å²) in [4.78, 5) is 63.6. The molecule has 0 aromatic heterocycles. The lowest BCUT2D eigenvalue weighted by Crippen LogP contribution is -2.45. The molecule has 0 saturated carbocycles. The normalized spacial score (nSPS) is 15.3. The molecule has 0 aromatic carbocycles. The zero-order chi connectivity index (χ0) is 46.4. The van der Waals surface area contributed by atoms with Crippen LogP contribution in [0.4, 0.5) is 0 Å². The number of thiol groups is 4. The number of carbonyl (C=O) groups is 5. The maximum absolute atomic E-state index is 14.6. The van der Waals surface area contributed by atoms with Gasteiger partial charge in [-0.1, -0.05) is 55.4 Å². The fourth-order valence-corrected chi connectivity index (χ4v) is 14.5. The topological polar surface area (TPSA) is 142 Å². The summed E-state index contributed by atoms with van der Waals surface area (Å²) in [6.07, 6.45) is 8.45. The van der Waals surface area contributed by atoms with Crippen molar-refractivity contribution in [1.29, 1.82) is 0 Å². The van der Waals surface area contributed by atoms with Gasteiger partial charge in [0.2, 0.25) is 0 Å². The van der Waals surface area contributed by atoms with Crippen LogP contribution in [0.2, 0.25) is 0 Å². The minimum absolute atomic E-state index is 0.0326. The molecular formula is C43H78O10S8. The van der Waals surface area contributed by atoms with Gasteiger partial charge in [0, 0.05) is 21.0 Å². The molecule has 4 unspecified atom stereocenters. The molecule has 0 heterocycles. The average molecular weight is 1010 g/mol. The first kappa shape index (κ1) is 61.1. The lowest BCUT2D eigenvalue weighted by Gasteiger charge is -2.42. The van der Waals surface area contributed by atoms with E-state index in [-0.39, 0.29) is 70.4 Å². The van der Waals surface area contributed by atoms with Gasteiger partial charge in [-0.05, 0) is 101 Å². The van der Waals surface area contributed by atoms with Crippen molar-refractivity contribution in [3.05, 3.63) is 0 Å². The zero-order valence-electron chi connectivity index (χ0n) is 37.9. The first-order valence-corrected chi connectivity index (χ1v) is 27.9. The van der Waals surface area contributed by atoms with Crippen molar-refractivity contribution in [3.8, 4) is 0 Å². The number of ether oxygens (including phenoxy) is 4.